The lowest BCUT2D eigenvalue weighted by Crippen LogP contribution is -1.99. The summed E-state index contributed by atoms with van der Waals surface area (Å²) in [5, 5.41) is 6.42. The molecule has 3 aromatic carbocycles. The summed E-state index contributed by atoms with van der Waals surface area (Å²) in [7, 11) is 0. The fourth-order valence-corrected chi connectivity index (χ4v) is 4.82. The van der Waals surface area contributed by atoms with Crippen molar-refractivity contribution in [3.05, 3.63) is 126 Å². The first-order valence-corrected chi connectivity index (χ1v) is 12.8. The van der Waals surface area contributed by atoms with E-state index in [-0.39, 0.29) is 0 Å². The van der Waals surface area contributed by atoms with Crippen molar-refractivity contribution in [1.82, 2.24) is 4.57 Å². The number of allylic oxidation sites excluding steroid dienone is 9. The number of halogens is 1. The minimum Gasteiger partial charge on any atom is -0.397 e. The third-order valence-electron chi connectivity index (χ3n) is 6.47. The normalized spacial score (nSPS) is 14.1. The largest absolute Gasteiger partial charge is 0.397 e. The van der Waals surface area contributed by atoms with Gasteiger partial charge in [-0.3, -0.25) is 0 Å². The van der Waals surface area contributed by atoms with Crippen LogP contribution in [0, 0.1) is 0 Å². The molecule has 1 aliphatic rings. The van der Waals surface area contributed by atoms with Crippen molar-refractivity contribution in [2.75, 3.05) is 11.1 Å². The SMILES string of the molecule is Nc1ccc(-n2c3ccccc3c3ccc(Cl)cc32)cc1N/C=C/C=C\C=C/CCC1=CC=CCC1. The fourth-order valence-electron chi connectivity index (χ4n) is 4.66. The van der Waals surface area contributed by atoms with Crippen LogP contribution in [0.25, 0.3) is 27.5 Å². The van der Waals surface area contributed by atoms with E-state index in [2.05, 4.69) is 82.7 Å². The zero-order valence-corrected chi connectivity index (χ0v) is 21.0. The summed E-state index contributed by atoms with van der Waals surface area (Å²) in [6.45, 7) is 0. The smallest absolute Gasteiger partial charge is 0.0634 e. The Labute approximate surface area is 217 Å². The molecule has 0 amide bonds. The maximum absolute atomic E-state index is 6.36. The van der Waals surface area contributed by atoms with Crippen LogP contribution in [0.3, 0.4) is 0 Å². The van der Waals surface area contributed by atoms with Gasteiger partial charge in [-0.05, 0) is 68.2 Å². The second-order valence-electron chi connectivity index (χ2n) is 8.93. The highest BCUT2D eigenvalue weighted by molar-refractivity contribution is 6.31. The average molecular weight is 492 g/mol. The molecule has 0 saturated heterocycles. The quantitative estimate of drug-likeness (QED) is 0.190. The van der Waals surface area contributed by atoms with E-state index in [9.17, 15) is 0 Å². The van der Waals surface area contributed by atoms with E-state index >= 15 is 0 Å². The van der Waals surface area contributed by atoms with Crippen molar-refractivity contribution in [2.45, 2.75) is 25.7 Å². The van der Waals surface area contributed by atoms with Crippen LogP contribution in [0.1, 0.15) is 25.7 Å². The van der Waals surface area contributed by atoms with Crippen LogP contribution in [0.2, 0.25) is 5.02 Å². The van der Waals surface area contributed by atoms with Gasteiger partial charge in [-0.25, -0.2) is 0 Å². The number of fused-ring (bicyclic) bond motifs is 3. The first-order chi connectivity index (χ1) is 17.7. The number of hydrogen-bond acceptors (Lipinski definition) is 2. The number of hydrogen-bond donors (Lipinski definition) is 2. The van der Waals surface area contributed by atoms with Crippen LogP contribution in [0.4, 0.5) is 11.4 Å². The topological polar surface area (TPSA) is 43.0 Å². The Morgan fingerprint density at radius 2 is 1.78 bits per heavy atom. The lowest BCUT2D eigenvalue weighted by molar-refractivity contribution is 0.854. The van der Waals surface area contributed by atoms with Gasteiger partial charge in [-0.15, -0.1) is 0 Å². The lowest BCUT2D eigenvalue weighted by atomic mass is 10.0. The number of rotatable bonds is 8. The molecule has 0 bridgehead atoms. The van der Waals surface area contributed by atoms with Gasteiger partial charge in [0.05, 0.1) is 22.4 Å². The summed E-state index contributed by atoms with van der Waals surface area (Å²) in [4.78, 5) is 0. The molecule has 0 fully saturated rings. The predicted molar refractivity (Wildman–Crippen MR) is 157 cm³/mol. The van der Waals surface area contributed by atoms with Crippen molar-refractivity contribution < 1.29 is 0 Å². The Balaban J connectivity index is 1.29. The molecule has 0 saturated carbocycles. The molecule has 1 aliphatic carbocycles. The summed E-state index contributed by atoms with van der Waals surface area (Å²) in [6, 6.07) is 20.5. The van der Waals surface area contributed by atoms with Gasteiger partial charge < -0.3 is 15.6 Å². The van der Waals surface area contributed by atoms with Crippen LogP contribution in [-0.2, 0) is 0 Å². The molecule has 180 valence electrons. The predicted octanol–water partition coefficient (Wildman–Crippen LogP) is 9.11. The molecule has 4 heteroatoms. The summed E-state index contributed by atoms with van der Waals surface area (Å²) >= 11 is 6.36. The van der Waals surface area contributed by atoms with E-state index in [1.54, 1.807) is 5.57 Å². The summed E-state index contributed by atoms with van der Waals surface area (Å²) < 4.78 is 2.23. The number of anilines is 2. The zero-order valence-electron chi connectivity index (χ0n) is 20.2. The molecule has 0 spiro atoms. The molecule has 0 unspecified atom stereocenters. The summed E-state index contributed by atoms with van der Waals surface area (Å²) in [5.41, 5.74) is 12.6. The monoisotopic (exact) mass is 491 g/mol. The van der Waals surface area contributed by atoms with Gasteiger partial charge in [0.1, 0.15) is 0 Å². The highest BCUT2D eigenvalue weighted by Gasteiger charge is 2.13. The molecule has 3 N–H and O–H groups in total. The van der Waals surface area contributed by atoms with Gasteiger partial charge in [-0.1, -0.05) is 84.0 Å². The van der Waals surface area contributed by atoms with Crippen LogP contribution in [0.5, 0.6) is 0 Å². The number of aromatic nitrogens is 1. The van der Waals surface area contributed by atoms with E-state index in [0.717, 1.165) is 35.2 Å². The Hall–Kier alpha value is -3.95. The second-order valence-corrected chi connectivity index (χ2v) is 9.37. The Morgan fingerprint density at radius 1 is 0.917 bits per heavy atom. The third-order valence-corrected chi connectivity index (χ3v) is 6.70. The number of nitrogens with zero attached hydrogens (tertiary/aromatic N) is 1. The van der Waals surface area contributed by atoms with Crippen LogP contribution >= 0.6 is 11.6 Å². The molecule has 0 atom stereocenters. The molecule has 0 aliphatic heterocycles. The van der Waals surface area contributed by atoms with Crippen molar-refractivity contribution in [3.63, 3.8) is 0 Å². The number of nitrogens with one attached hydrogen (secondary N) is 1. The van der Waals surface area contributed by atoms with Crippen LogP contribution in [0.15, 0.2) is 121 Å². The van der Waals surface area contributed by atoms with Crippen LogP contribution in [-0.4, -0.2) is 4.57 Å². The first-order valence-electron chi connectivity index (χ1n) is 12.4. The van der Waals surface area contributed by atoms with Crippen molar-refractivity contribution >= 4 is 44.8 Å². The average Bonchev–Trinajstić information content (AvgIpc) is 3.22. The van der Waals surface area contributed by atoms with Crippen molar-refractivity contribution in [2.24, 2.45) is 0 Å². The maximum atomic E-state index is 6.36. The first kappa shape index (κ1) is 23.8. The molecule has 1 heterocycles. The van der Waals surface area contributed by atoms with Gasteiger partial charge in [0.2, 0.25) is 0 Å². The zero-order chi connectivity index (χ0) is 24.7. The standard InChI is InChI=1S/C32H30ClN3/c33-25-17-19-28-27-15-9-10-16-31(27)36(32(28)22-25)26-18-20-29(34)30(23-26)35-21-11-4-2-1-3-6-12-24-13-7-5-8-14-24/h1-5,7,9-11,13,15-23,35H,6,8,12,14,34H2/b3-1-,4-2-,21-11+. The lowest BCUT2D eigenvalue weighted by Gasteiger charge is -2.12. The van der Waals surface area contributed by atoms with Gasteiger partial charge in [-0.2, -0.15) is 0 Å². The molecular weight excluding hydrogens is 462 g/mol. The molecule has 1 aromatic heterocycles. The van der Waals surface area contributed by atoms with E-state index in [0.29, 0.717) is 10.7 Å². The Morgan fingerprint density at radius 3 is 2.67 bits per heavy atom. The van der Waals surface area contributed by atoms with Gasteiger partial charge >= 0.3 is 0 Å². The minimum absolute atomic E-state index is 0.693. The fraction of sp³-hybridized carbons (Fsp3) is 0.125. The van der Waals surface area contributed by atoms with E-state index < -0.39 is 0 Å². The molecule has 5 rings (SSSR count). The van der Waals surface area contributed by atoms with Gasteiger partial charge in [0.25, 0.3) is 0 Å². The van der Waals surface area contributed by atoms with Gasteiger partial charge in [0, 0.05) is 27.7 Å². The highest BCUT2D eigenvalue weighted by atomic mass is 35.5. The van der Waals surface area contributed by atoms with Gasteiger partial charge in [0.15, 0.2) is 0 Å². The van der Waals surface area contributed by atoms with Crippen molar-refractivity contribution in [1.29, 1.82) is 0 Å². The molecule has 36 heavy (non-hydrogen) atoms. The minimum atomic E-state index is 0.693. The Kier molecular flexibility index (Phi) is 7.39. The number of para-hydroxylation sites is 1. The number of nitrogen functional groups attached to an aromatic ring is 1. The number of nitrogens with two attached hydrogens (primary N) is 1. The molecule has 0 radical (unpaired) electrons. The van der Waals surface area contributed by atoms with E-state index in [1.165, 1.54) is 23.6 Å². The van der Waals surface area contributed by atoms with Crippen molar-refractivity contribution in [3.8, 4) is 5.69 Å². The maximum Gasteiger partial charge on any atom is 0.0634 e. The van der Waals surface area contributed by atoms with E-state index in [1.807, 2.05) is 42.6 Å². The summed E-state index contributed by atoms with van der Waals surface area (Å²) in [5.74, 6) is 0. The molecule has 3 nitrogen and oxygen atoms in total. The highest BCUT2D eigenvalue weighted by Crippen LogP contribution is 2.34. The van der Waals surface area contributed by atoms with Crippen LogP contribution < -0.4 is 11.1 Å². The Bertz CT molecular complexity index is 1530. The second kappa shape index (κ2) is 11.2. The number of benzene rings is 3. The molecule has 4 aromatic rings. The third kappa shape index (κ3) is 5.32. The molecular formula is C32H30ClN3. The van der Waals surface area contributed by atoms with E-state index in [4.69, 9.17) is 17.3 Å². The summed E-state index contributed by atoms with van der Waals surface area (Å²) in [6.07, 6.45) is 23.5.